The lowest BCUT2D eigenvalue weighted by Gasteiger charge is -2.34. The van der Waals surface area contributed by atoms with Gasteiger partial charge in [0, 0.05) is 19.8 Å². The van der Waals surface area contributed by atoms with Gasteiger partial charge in [0.05, 0.1) is 0 Å². The Morgan fingerprint density at radius 2 is 1.79 bits per heavy atom. The van der Waals surface area contributed by atoms with Crippen LogP contribution in [0.15, 0.2) is 51.8 Å². The van der Waals surface area contributed by atoms with Crippen LogP contribution in [-0.4, -0.2) is 20.5 Å². The second-order valence-electron chi connectivity index (χ2n) is 9.75. The molecule has 0 fully saturated rings. The Bertz CT molecular complexity index is 682. The maximum absolute atomic E-state index is 5.33. The summed E-state index contributed by atoms with van der Waals surface area (Å²) in [6.07, 6.45) is 11.1. The van der Waals surface area contributed by atoms with Gasteiger partial charge in [-0.1, -0.05) is 51.8 Å². The summed E-state index contributed by atoms with van der Waals surface area (Å²) < 4.78 is 10.7. The fourth-order valence-corrected chi connectivity index (χ4v) is 4.08. The number of hydrogen-bond donors (Lipinski definition) is 0. The third-order valence-electron chi connectivity index (χ3n) is 5.75. The standard InChI is InChI=1S/C26H42O2/c1-19(14-16-23-20(2)12-11-17-26(23,7)8)13-15-22(25(4,5)6)21(3)18-24(27-9)28-10/h13-14,18,24H,11-12,16-17H2,1-10H3/b19-14+,21-18-. The van der Waals surface area contributed by atoms with E-state index in [0.29, 0.717) is 5.41 Å². The Labute approximate surface area is 174 Å². The third-order valence-corrected chi connectivity index (χ3v) is 5.75. The van der Waals surface area contributed by atoms with E-state index in [-0.39, 0.29) is 11.7 Å². The van der Waals surface area contributed by atoms with Gasteiger partial charge in [0.2, 0.25) is 0 Å². The molecule has 1 aliphatic carbocycles. The molecule has 0 amide bonds. The molecule has 2 nitrogen and oxygen atoms in total. The molecule has 0 aromatic carbocycles. The average Bonchev–Trinajstić information content (AvgIpc) is 2.57. The molecule has 0 bridgehead atoms. The van der Waals surface area contributed by atoms with Crippen LogP contribution in [-0.2, 0) is 9.47 Å². The Balaban J connectivity index is 3.16. The smallest absolute Gasteiger partial charge is 0.176 e. The van der Waals surface area contributed by atoms with Crippen molar-refractivity contribution < 1.29 is 9.47 Å². The van der Waals surface area contributed by atoms with Crippen LogP contribution < -0.4 is 0 Å². The Morgan fingerprint density at radius 1 is 1.18 bits per heavy atom. The molecule has 0 aliphatic heterocycles. The molecule has 2 heteroatoms. The molecule has 0 atom stereocenters. The summed E-state index contributed by atoms with van der Waals surface area (Å²) in [4.78, 5) is 0. The van der Waals surface area contributed by atoms with Crippen molar-refractivity contribution in [1.29, 1.82) is 0 Å². The maximum atomic E-state index is 5.33. The molecule has 0 radical (unpaired) electrons. The highest BCUT2D eigenvalue weighted by atomic mass is 16.7. The number of hydrogen-bond acceptors (Lipinski definition) is 2. The molecule has 1 rings (SSSR count). The van der Waals surface area contributed by atoms with E-state index < -0.39 is 0 Å². The fraction of sp³-hybridized carbons (Fsp3) is 0.654. The van der Waals surface area contributed by atoms with E-state index in [0.717, 1.165) is 12.0 Å². The van der Waals surface area contributed by atoms with Crippen molar-refractivity contribution in [2.24, 2.45) is 10.8 Å². The van der Waals surface area contributed by atoms with Gasteiger partial charge < -0.3 is 9.47 Å². The van der Waals surface area contributed by atoms with E-state index in [1.807, 2.05) is 6.08 Å². The third kappa shape index (κ3) is 7.24. The van der Waals surface area contributed by atoms with Crippen LogP contribution in [0.5, 0.6) is 0 Å². The van der Waals surface area contributed by atoms with E-state index >= 15 is 0 Å². The monoisotopic (exact) mass is 386 g/mol. The average molecular weight is 387 g/mol. The number of methoxy groups -OCH3 is 2. The van der Waals surface area contributed by atoms with Crippen LogP contribution in [0, 0.1) is 10.8 Å². The Kier molecular flexibility index (Phi) is 9.21. The molecule has 0 aromatic heterocycles. The number of rotatable bonds is 7. The van der Waals surface area contributed by atoms with Gasteiger partial charge in [0.25, 0.3) is 0 Å². The predicted molar refractivity (Wildman–Crippen MR) is 121 cm³/mol. The molecule has 0 saturated carbocycles. The van der Waals surface area contributed by atoms with Crippen LogP contribution in [0.4, 0.5) is 0 Å². The van der Waals surface area contributed by atoms with Crippen LogP contribution in [0.1, 0.15) is 81.1 Å². The lowest BCUT2D eigenvalue weighted by molar-refractivity contribution is -0.0670. The van der Waals surface area contributed by atoms with Gasteiger partial charge in [-0.05, 0) is 80.6 Å². The van der Waals surface area contributed by atoms with E-state index in [1.165, 1.54) is 30.4 Å². The summed E-state index contributed by atoms with van der Waals surface area (Å²) in [7, 11) is 3.31. The first-order valence-electron chi connectivity index (χ1n) is 10.5. The minimum atomic E-state index is -0.334. The van der Waals surface area contributed by atoms with Gasteiger partial charge in [-0.25, -0.2) is 0 Å². The van der Waals surface area contributed by atoms with Gasteiger partial charge in [-0.2, -0.15) is 0 Å². The predicted octanol–water partition coefficient (Wildman–Crippen LogP) is 7.54. The molecular weight excluding hydrogens is 344 g/mol. The summed E-state index contributed by atoms with van der Waals surface area (Å²) in [5.41, 5.74) is 10.6. The summed E-state index contributed by atoms with van der Waals surface area (Å²) in [5.74, 6) is 0. The van der Waals surface area contributed by atoms with Gasteiger partial charge in [-0.3, -0.25) is 0 Å². The number of allylic oxidation sites excluding steroid dienone is 6. The van der Waals surface area contributed by atoms with E-state index in [2.05, 4.69) is 73.3 Å². The topological polar surface area (TPSA) is 18.5 Å². The SMILES string of the molecule is COC(/C=C(/C)C(=C=C/C(C)=C/CC1=C(C)CCCC1(C)C)C(C)(C)C)OC. The summed E-state index contributed by atoms with van der Waals surface area (Å²) in [6.45, 7) is 18.0. The Morgan fingerprint density at radius 3 is 2.29 bits per heavy atom. The molecule has 0 N–H and O–H groups in total. The van der Waals surface area contributed by atoms with Crippen molar-refractivity contribution in [2.45, 2.75) is 87.4 Å². The van der Waals surface area contributed by atoms with Crippen LogP contribution in [0.3, 0.4) is 0 Å². The first-order chi connectivity index (χ1) is 12.9. The largest absolute Gasteiger partial charge is 0.352 e. The van der Waals surface area contributed by atoms with Gasteiger partial charge in [0.15, 0.2) is 6.29 Å². The van der Waals surface area contributed by atoms with Crippen molar-refractivity contribution in [1.82, 2.24) is 0 Å². The molecule has 0 heterocycles. The van der Waals surface area contributed by atoms with Crippen molar-refractivity contribution in [3.8, 4) is 0 Å². The molecular formula is C26H42O2. The molecule has 1 aliphatic rings. The quantitative estimate of drug-likeness (QED) is 0.195. The Hall–Kier alpha value is -1.34. The maximum Gasteiger partial charge on any atom is 0.176 e. The van der Waals surface area contributed by atoms with Gasteiger partial charge in [0.1, 0.15) is 0 Å². The van der Waals surface area contributed by atoms with Crippen molar-refractivity contribution >= 4 is 0 Å². The summed E-state index contributed by atoms with van der Waals surface area (Å²) in [6, 6.07) is 0. The highest BCUT2D eigenvalue weighted by molar-refractivity contribution is 5.36. The first kappa shape index (κ1) is 24.7. The lowest BCUT2D eigenvalue weighted by Crippen LogP contribution is -2.20. The van der Waals surface area contributed by atoms with Crippen molar-refractivity contribution in [3.05, 3.63) is 51.8 Å². The highest BCUT2D eigenvalue weighted by Gasteiger charge is 2.27. The van der Waals surface area contributed by atoms with Crippen LogP contribution >= 0.6 is 0 Å². The van der Waals surface area contributed by atoms with Crippen molar-refractivity contribution in [2.75, 3.05) is 14.2 Å². The summed E-state index contributed by atoms with van der Waals surface area (Å²) >= 11 is 0. The number of ether oxygens (including phenoxy) is 2. The normalized spacial score (nSPS) is 18.4. The van der Waals surface area contributed by atoms with Crippen LogP contribution in [0.2, 0.25) is 0 Å². The van der Waals surface area contributed by atoms with E-state index in [9.17, 15) is 0 Å². The summed E-state index contributed by atoms with van der Waals surface area (Å²) in [5, 5.41) is 0. The van der Waals surface area contributed by atoms with Gasteiger partial charge >= 0.3 is 0 Å². The highest BCUT2D eigenvalue weighted by Crippen LogP contribution is 2.42. The second-order valence-corrected chi connectivity index (χ2v) is 9.75. The minimum absolute atomic E-state index is 0.00608. The second kappa shape index (κ2) is 10.4. The van der Waals surface area contributed by atoms with Crippen LogP contribution in [0.25, 0.3) is 0 Å². The molecule has 0 spiro atoms. The molecule has 158 valence electrons. The lowest BCUT2D eigenvalue weighted by atomic mass is 9.71. The molecule has 0 saturated heterocycles. The molecule has 0 aromatic rings. The zero-order chi connectivity index (χ0) is 21.5. The zero-order valence-corrected chi connectivity index (χ0v) is 20.0. The van der Waals surface area contributed by atoms with E-state index in [1.54, 1.807) is 25.4 Å². The van der Waals surface area contributed by atoms with Gasteiger partial charge in [-0.15, -0.1) is 5.73 Å². The molecule has 0 unspecified atom stereocenters. The molecule has 28 heavy (non-hydrogen) atoms. The van der Waals surface area contributed by atoms with Crippen molar-refractivity contribution in [3.63, 3.8) is 0 Å². The fourth-order valence-electron chi connectivity index (χ4n) is 4.08. The van der Waals surface area contributed by atoms with E-state index in [4.69, 9.17) is 9.47 Å². The first-order valence-corrected chi connectivity index (χ1v) is 10.5. The zero-order valence-electron chi connectivity index (χ0n) is 20.0. The minimum Gasteiger partial charge on any atom is -0.352 e.